The van der Waals surface area contributed by atoms with Crippen molar-refractivity contribution >= 4 is 22.6 Å². The van der Waals surface area contributed by atoms with Gasteiger partial charge in [0.1, 0.15) is 0 Å². The van der Waals surface area contributed by atoms with Crippen LogP contribution in [0.2, 0.25) is 0 Å². The van der Waals surface area contributed by atoms with Crippen LogP contribution in [0.4, 0.5) is 5.69 Å². The minimum Gasteiger partial charge on any atom is -0.332 e. The van der Waals surface area contributed by atoms with Crippen molar-refractivity contribution in [1.29, 1.82) is 0 Å². The third kappa shape index (κ3) is 2.53. The van der Waals surface area contributed by atoms with Crippen molar-refractivity contribution in [3.05, 3.63) is 12.4 Å². The Hall–Kier alpha value is -0.970. The maximum Gasteiger partial charge on any atom is 0.161 e. The summed E-state index contributed by atoms with van der Waals surface area (Å²) in [5.41, 5.74) is 1.01. The molecule has 0 saturated heterocycles. The number of hydrogen-bond donors (Lipinski definition) is 1. The van der Waals surface area contributed by atoms with Gasteiger partial charge < -0.3 is 5.32 Å². The third-order valence-electron chi connectivity index (χ3n) is 2.58. The molecule has 0 amide bonds. The van der Waals surface area contributed by atoms with Gasteiger partial charge in [-0.3, -0.25) is 9.67 Å². The fourth-order valence-corrected chi connectivity index (χ4v) is 2.51. The van der Waals surface area contributed by atoms with E-state index in [-0.39, 0.29) is 0 Å². The van der Waals surface area contributed by atoms with Crippen LogP contribution >= 0.6 is 11.8 Å². The lowest BCUT2D eigenvalue weighted by molar-refractivity contribution is 0.537. The Bertz CT molecular complexity index is 371. The summed E-state index contributed by atoms with van der Waals surface area (Å²) >= 11 is 1.78. The Labute approximate surface area is 94.2 Å². The van der Waals surface area contributed by atoms with Gasteiger partial charge in [0.25, 0.3) is 0 Å². The SMILES string of the molecule is CC1CSC(Nc2cnn(C)c2)=NC1C. The monoisotopic (exact) mass is 224 g/mol. The molecule has 0 saturated carbocycles. The van der Waals surface area contributed by atoms with Gasteiger partial charge in [-0.1, -0.05) is 18.7 Å². The standard InChI is InChI=1S/C10H16N4S/c1-7-6-15-10(12-8(7)2)13-9-4-11-14(3)5-9/h4-5,7-8H,6H2,1-3H3,(H,12,13). The highest BCUT2D eigenvalue weighted by atomic mass is 32.2. The van der Waals surface area contributed by atoms with Crippen LogP contribution in [0.15, 0.2) is 17.4 Å². The lowest BCUT2D eigenvalue weighted by Crippen LogP contribution is -2.25. The predicted octanol–water partition coefficient (Wildman–Crippen LogP) is 1.96. The first-order valence-electron chi connectivity index (χ1n) is 5.11. The van der Waals surface area contributed by atoms with Crippen molar-refractivity contribution in [1.82, 2.24) is 9.78 Å². The number of aliphatic imine (C=N–C) groups is 1. The van der Waals surface area contributed by atoms with Crippen molar-refractivity contribution in [2.24, 2.45) is 18.0 Å². The van der Waals surface area contributed by atoms with E-state index < -0.39 is 0 Å². The number of rotatable bonds is 1. The van der Waals surface area contributed by atoms with Gasteiger partial charge in [0, 0.05) is 19.0 Å². The van der Waals surface area contributed by atoms with Gasteiger partial charge in [-0.05, 0) is 12.8 Å². The molecule has 4 nitrogen and oxygen atoms in total. The van der Waals surface area contributed by atoms with Gasteiger partial charge in [0.15, 0.2) is 5.17 Å². The van der Waals surface area contributed by atoms with Crippen LogP contribution < -0.4 is 5.32 Å². The van der Waals surface area contributed by atoms with Crippen molar-refractivity contribution in [3.8, 4) is 0 Å². The topological polar surface area (TPSA) is 42.2 Å². The molecular weight excluding hydrogens is 208 g/mol. The maximum atomic E-state index is 4.60. The highest BCUT2D eigenvalue weighted by Crippen LogP contribution is 2.23. The summed E-state index contributed by atoms with van der Waals surface area (Å²) in [5.74, 6) is 1.79. The summed E-state index contributed by atoms with van der Waals surface area (Å²) in [6.45, 7) is 4.40. The molecule has 5 heteroatoms. The van der Waals surface area contributed by atoms with Crippen molar-refractivity contribution < 1.29 is 0 Å². The van der Waals surface area contributed by atoms with Crippen molar-refractivity contribution in [2.75, 3.05) is 11.1 Å². The Morgan fingerprint density at radius 1 is 1.53 bits per heavy atom. The first-order chi connectivity index (χ1) is 7.15. The van der Waals surface area contributed by atoms with Gasteiger partial charge >= 0.3 is 0 Å². The molecule has 1 aromatic heterocycles. The van der Waals surface area contributed by atoms with E-state index in [1.165, 1.54) is 0 Å². The molecule has 2 unspecified atom stereocenters. The third-order valence-corrected chi connectivity index (χ3v) is 3.76. The summed E-state index contributed by atoms with van der Waals surface area (Å²) in [6.07, 6.45) is 3.76. The summed E-state index contributed by atoms with van der Waals surface area (Å²) in [4.78, 5) is 4.60. The fourth-order valence-electron chi connectivity index (χ4n) is 1.38. The van der Waals surface area contributed by atoms with E-state index in [9.17, 15) is 0 Å². The van der Waals surface area contributed by atoms with Crippen LogP contribution in [-0.2, 0) is 7.05 Å². The van der Waals surface area contributed by atoms with E-state index in [1.54, 1.807) is 16.4 Å². The molecule has 0 spiro atoms. The molecule has 2 heterocycles. The van der Waals surface area contributed by atoms with E-state index in [1.807, 2.05) is 19.4 Å². The average Bonchev–Trinajstić information content (AvgIpc) is 2.58. The molecular formula is C10H16N4S. The largest absolute Gasteiger partial charge is 0.332 e. The molecule has 1 aromatic rings. The molecule has 0 aliphatic carbocycles. The molecule has 0 fully saturated rings. The van der Waals surface area contributed by atoms with Gasteiger partial charge in [0.05, 0.1) is 17.9 Å². The smallest absolute Gasteiger partial charge is 0.161 e. The Balaban J connectivity index is 2.04. The van der Waals surface area contributed by atoms with E-state index >= 15 is 0 Å². The van der Waals surface area contributed by atoms with Crippen molar-refractivity contribution in [3.63, 3.8) is 0 Å². The van der Waals surface area contributed by atoms with Gasteiger partial charge in [-0.25, -0.2) is 0 Å². The molecule has 2 rings (SSSR count). The second kappa shape index (κ2) is 4.26. The Morgan fingerprint density at radius 2 is 2.33 bits per heavy atom. The number of aryl methyl sites for hydroxylation is 1. The second-order valence-electron chi connectivity index (χ2n) is 3.99. The molecule has 82 valence electrons. The zero-order chi connectivity index (χ0) is 10.8. The molecule has 1 N–H and O–H groups in total. The second-order valence-corrected chi connectivity index (χ2v) is 5.00. The van der Waals surface area contributed by atoms with E-state index in [0.29, 0.717) is 12.0 Å². The Morgan fingerprint density at radius 3 is 2.93 bits per heavy atom. The molecule has 0 bridgehead atoms. The zero-order valence-corrected chi connectivity index (χ0v) is 10.1. The maximum absolute atomic E-state index is 4.60. The quantitative estimate of drug-likeness (QED) is 0.793. The van der Waals surface area contributed by atoms with Crippen molar-refractivity contribution in [2.45, 2.75) is 19.9 Å². The van der Waals surface area contributed by atoms with Gasteiger partial charge in [-0.2, -0.15) is 5.10 Å². The molecule has 2 atom stereocenters. The minimum atomic E-state index is 0.408. The van der Waals surface area contributed by atoms with Crippen LogP contribution in [0.5, 0.6) is 0 Å². The number of nitrogens with zero attached hydrogens (tertiary/aromatic N) is 3. The highest BCUT2D eigenvalue weighted by molar-refractivity contribution is 8.14. The predicted molar refractivity (Wildman–Crippen MR) is 65.3 cm³/mol. The van der Waals surface area contributed by atoms with Gasteiger partial charge in [0.2, 0.25) is 0 Å². The van der Waals surface area contributed by atoms with Gasteiger partial charge in [-0.15, -0.1) is 0 Å². The molecule has 1 aliphatic rings. The number of thioether (sulfide) groups is 1. The van der Waals surface area contributed by atoms with Crippen LogP contribution in [0, 0.1) is 5.92 Å². The fraction of sp³-hybridized carbons (Fsp3) is 0.600. The van der Waals surface area contributed by atoms with Crippen LogP contribution in [0.1, 0.15) is 13.8 Å². The number of hydrogen-bond acceptors (Lipinski definition) is 4. The minimum absolute atomic E-state index is 0.408. The van der Waals surface area contributed by atoms with Crippen LogP contribution in [0.3, 0.4) is 0 Å². The van der Waals surface area contributed by atoms with E-state index in [4.69, 9.17) is 0 Å². The molecule has 0 aromatic carbocycles. The molecule has 15 heavy (non-hydrogen) atoms. The summed E-state index contributed by atoms with van der Waals surface area (Å²) in [7, 11) is 1.91. The van der Waals surface area contributed by atoms with E-state index in [2.05, 4.69) is 29.3 Å². The number of anilines is 1. The summed E-state index contributed by atoms with van der Waals surface area (Å²) in [6, 6.07) is 0.408. The molecule has 0 radical (unpaired) electrons. The lowest BCUT2D eigenvalue weighted by Gasteiger charge is -2.23. The first-order valence-corrected chi connectivity index (χ1v) is 6.10. The lowest BCUT2D eigenvalue weighted by atomic mass is 10.1. The normalized spacial score (nSPS) is 26.2. The number of amidine groups is 1. The summed E-state index contributed by atoms with van der Waals surface area (Å²) in [5, 5.41) is 8.40. The first kappa shape index (κ1) is 10.5. The van der Waals surface area contributed by atoms with E-state index in [0.717, 1.165) is 16.6 Å². The highest BCUT2D eigenvalue weighted by Gasteiger charge is 2.19. The number of aromatic nitrogens is 2. The molecule has 1 aliphatic heterocycles. The summed E-state index contributed by atoms with van der Waals surface area (Å²) < 4.78 is 1.78. The van der Waals surface area contributed by atoms with Crippen LogP contribution in [0.25, 0.3) is 0 Å². The zero-order valence-electron chi connectivity index (χ0n) is 9.27. The van der Waals surface area contributed by atoms with Crippen LogP contribution in [-0.4, -0.2) is 26.7 Å². The number of nitrogens with one attached hydrogen (secondary N) is 1. The Kier molecular flexibility index (Phi) is 3.00. The average molecular weight is 224 g/mol.